The highest BCUT2D eigenvalue weighted by Gasteiger charge is 2.61. The van der Waals surface area contributed by atoms with Gasteiger partial charge in [0.1, 0.15) is 0 Å². The second-order valence-electron chi connectivity index (χ2n) is 11.0. The van der Waals surface area contributed by atoms with Crippen molar-refractivity contribution in [1.82, 2.24) is 4.90 Å². The van der Waals surface area contributed by atoms with E-state index in [0.29, 0.717) is 33.4 Å². The fourth-order valence-electron chi connectivity index (χ4n) is 6.59. The molecular formula is C32H31Cl3FNO2. The summed E-state index contributed by atoms with van der Waals surface area (Å²) in [7, 11) is 0. The van der Waals surface area contributed by atoms with Crippen molar-refractivity contribution in [2.24, 2.45) is 5.41 Å². The van der Waals surface area contributed by atoms with Gasteiger partial charge in [-0.2, -0.15) is 0 Å². The van der Waals surface area contributed by atoms with Crippen LogP contribution in [0.1, 0.15) is 69.8 Å². The zero-order chi connectivity index (χ0) is 26.4. The summed E-state index contributed by atoms with van der Waals surface area (Å²) in [5, 5.41) is 10.8. The molecule has 204 valence electrons. The Balaban J connectivity index is 0.00000308. The van der Waals surface area contributed by atoms with Gasteiger partial charge in [-0.1, -0.05) is 59.6 Å². The van der Waals surface area contributed by atoms with Crippen molar-refractivity contribution in [1.29, 1.82) is 0 Å². The Bertz CT molecular complexity index is 1430. The Morgan fingerprint density at radius 3 is 2.44 bits per heavy atom. The predicted molar refractivity (Wildman–Crippen MR) is 159 cm³/mol. The Kier molecular flexibility index (Phi) is 8.13. The fraction of sp³-hybridized carbons (Fsp3) is 0.344. The van der Waals surface area contributed by atoms with Crippen molar-refractivity contribution in [3.63, 3.8) is 0 Å². The lowest BCUT2D eigenvalue weighted by molar-refractivity contribution is 0.0696. The molecule has 6 rings (SSSR count). The monoisotopic (exact) mass is 585 g/mol. The Hall–Kier alpha value is -2.37. The van der Waals surface area contributed by atoms with Gasteiger partial charge in [-0.25, -0.2) is 4.79 Å². The van der Waals surface area contributed by atoms with Crippen LogP contribution in [0.5, 0.6) is 0 Å². The lowest BCUT2D eigenvalue weighted by Crippen LogP contribution is -2.49. The van der Waals surface area contributed by atoms with Gasteiger partial charge in [0, 0.05) is 35.1 Å². The molecule has 1 unspecified atom stereocenters. The molecule has 0 aromatic heterocycles. The van der Waals surface area contributed by atoms with Crippen molar-refractivity contribution >= 4 is 52.7 Å². The van der Waals surface area contributed by atoms with Crippen molar-refractivity contribution in [2.45, 2.75) is 38.0 Å². The Morgan fingerprint density at radius 1 is 1.00 bits per heavy atom. The first-order valence-corrected chi connectivity index (χ1v) is 14.1. The van der Waals surface area contributed by atoms with E-state index in [1.165, 1.54) is 12.0 Å². The van der Waals surface area contributed by atoms with E-state index in [4.69, 9.17) is 23.2 Å². The van der Waals surface area contributed by atoms with Crippen LogP contribution < -0.4 is 0 Å². The molecule has 3 aromatic carbocycles. The van der Waals surface area contributed by atoms with Crippen LogP contribution in [-0.4, -0.2) is 42.3 Å². The van der Waals surface area contributed by atoms with Gasteiger partial charge in [0.25, 0.3) is 0 Å². The molecule has 1 saturated heterocycles. The number of carboxylic acid groups (broad SMARTS) is 1. The summed E-state index contributed by atoms with van der Waals surface area (Å²) in [5.74, 6) is -0.345. The van der Waals surface area contributed by atoms with E-state index in [1.54, 1.807) is 12.1 Å². The van der Waals surface area contributed by atoms with Crippen LogP contribution in [-0.2, 0) is 6.42 Å². The smallest absolute Gasteiger partial charge is 0.335 e. The number of allylic oxidation sites excluding steroid dienone is 1. The van der Waals surface area contributed by atoms with E-state index in [2.05, 4.69) is 29.2 Å². The van der Waals surface area contributed by atoms with Crippen molar-refractivity contribution in [3.05, 3.63) is 104 Å². The number of hydrogen-bond acceptors (Lipinski definition) is 2. The molecule has 1 heterocycles. The molecule has 0 bridgehead atoms. The van der Waals surface area contributed by atoms with Crippen LogP contribution in [0.15, 0.2) is 60.7 Å². The third kappa shape index (κ3) is 5.37. The zero-order valence-electron chi connectivity index (χ0n) is 21.6. The molecule has 1 spiro atoms. The fourth-order valence-corrected chi connectivity index (χ4v) is 7.11. The summed E-state index contributed by atoms with van der Waals surface area (Å²) in [5.41, 5.74) is 8.50. The third-order valence-corrected chi connectivity index (χ3v) is 9.08. The summed E-state index contributed by atoms with van der Waals surface area (Å²) >= 11 is 12.9. The van der Waals surface area contributed by atoms with Crippen LogP contribution in [0.25, 0.3) is 11.1 Å². The van der Waals surface area contributed by atoms with E-state index in [0.717, 1.165) is 72.3 Å². The molecule has 3 nitrogen and oxygen atoms in total. The minimum Gasteiger partial charge on any atom is -0.478 e. The van der Waals surface area contributed by atoms with Crippen molar-refractivity contribution in [2.75, 3.05) is 26.3 Å². The van der Waals surface area contributed by atoms with Crippen LogP contribution >= 0.6 is 35.6 Å². The first kappa shape index (κ1) is 28.2. The van der Waals surface area contributed by atoms with Gasteiger partial charge in [-0.15, -0.1) is 12.4 Å². The number of carbonyl (C=O) groups is 1. The second-order valence-corrected chi connectivity index (χ2v) is 11.8. The standard InChI is InChI=1S/C32H30Cl2FNO2.ClH/c33-24-10-12-26(29(34)16-24)27-4-1-3-22-15-23(31(37)38)9-11-25(22)30(27)21-7-5-20(6-8-21)28-17-32(28)18-36(19-32)14-2-13-35;/h5-12,15-16,28H,1-4,13-14,17-19H2,(H,37,38);1H. The molecular weight excluding hydrogens is 556 g/mol. The maximum absolute atomic E-state index is 12.5. The van der Waals surface area contributed by atoms with Crippen molar-refractivity contribution < 1.29 is 14.3 Å². The molecule has 1 aliphatic heterocycles. The average Bonchev–Trinajstić information content (AvgIpc) is 3.65. The quantitative estimate of drug-likeness (QED) is 0.301. The highest BCUT2D eigenvalue weighted by molar-refractivity contribution is 6.36. The molecule has 2 aliphatic carbocycles. The molecule has 3 aromatic rings. The Labute approximate surface area is 245 Å². The van der Waals surface area contributed by atoms with Gasteiger partial charge in [0.15, 0.2) is 0 Å². The van der Waals surface area contributed by atoms with Crippen LogP contribution in [0.4, 0.5) is 4.39 Å². The van der Waals surface area contributed by atoms with Gasteiger partial charge < -0.3 is 10.0 Å². The molecule has 1 N–H and O–H groups in total. The maximum Gasteiger partial charge on any atom is 0.335 e. The number of halogens is 4. The highest BCUT2D eigenvalue weighted by atomic mass is 35.5. The SMILES string of the molecule is Cl.O=C(O)c1ccc2c(c1)CCCC(c1ccc(Cl)cc1Cl)=C2c1ccc(C2CC23CN(CCCF)C3)cc1. The lowest BCUT2D eigenvalue weighted by Gasteiger charge is -2.41. The number of hydrogen-bond donors (Lipinski definition) is 1. The summed E-state index contributed by atoms with van der Waals surface area (Å²) in [6.07, 6.45) is 4.36. The number of likely N-dealkylation sites (tertiary alicyclic amines) is 1. The van der Waals surface area contributed by atoms with Crippen molar-refractivity contribution in [3.8, 4) is 0 Å². The summed E-state index contributed by atoms with van der Waals surface area (Å²) in [4.78, 5) is 14.1. The number of aromatic carboxylic acids is 1. The van der Waals surface area contributed by atoms with Gasteiger partial charge in [0.05, 0.1) is 12.2 Å². The first-order chi connectivity index (χ1) is 18.4. The average molecular weight is 587 g/mol. The number of carboxylic acids is 1. The number of rotatable bonds is 7. The summed E-state index contributed by atoms with van der Waals surface area (Å²) in [6, 6.07) is 20.0. The molecule has 7 heteroatoms. The summed E-state index contributed by atoms with van der Waals surface area (Å²) in [6.45, 7) is 2.76. The lowest BCUT2D eigenvalue weighted by atomic mass is 9.86. The number of fused-ring (bicyclic) bond motifs is 1. The normalized spacial score (nSPS) is 19.6. The van der Waals surface area contributed by atoms with Gasteiger partial charge in [-0.05, 0) is 101 Å². The van der Waals surface area contributed by atoms with E-state index < -0.39 is 5.97 Å². The van der Waals surface area contributed by atoms with E-state index >= 15 is 0 Å². The van der Waals surface area contributed by atoms with E-state index in [9.17, 15) is 14.3 Å². The molecule has 0 amide bonds. The minimum absolute atomic E-state index is 0. The zero-order valence-corrected chi connectivity index (χ0v) is 23.9. The van der Waals surface area contributed by atoms with Crippen LogP contribution in [0, 0.1) is 5.41 Å². The molecule has 2 fully saturated rings. The first-order valence-electron chi connectivity index (χ1n) is 13.3. The second kappa shape index (κ2) is 11.2. The number of nitrogens with zero attached hydrogens (tertiary/aromatic N) is 1. The predicted octanol–water partition coefficient (Wildman–Crippen LogP) is 8.56. The molecule has 1 atom stereocenters. The maximum atomic E-state index is 12.5. The van der Waals surface area contributed by atoms with Crippen LogP contribution in [0.3, 0.4) is 0 Å². The minimum atomic E-state index is -0.912. The van der Waals surface area contributed by atoms with Gasteiger partial charge >= 0.3 is 5.97 Å². The number of alkyl halides is 1. The largest absolute Gasteiger partial charge is 0.478 e. The van der Waals surface area contributed by atoms with Gasteiger partial charge in [0.2, 0.25) is 0 Å². The number of aryl methyl sites for hydroxylation is 1. The third-order valence-electron chi connectivity index (χ3n) is 8.53. The topological polar surface area (TPSA) is 40.5 Å². The molecule has 3 aliphatic rings. The highest BCUT2D eigenvalue weighted by Crippen LogP contribution is 2.64. The Morgan fingerprint density at radius 2 is 1.74 bits per heavy atom. The molecule has 39 heavy (non-hydrogen) atoms. The molecule has 0 radical (unpaired) electrons. The van der Waals surface area contributed by atoms with Gasteiger partial charge in [-0.3, -0.25) is 4.39 Å². The van der Waals surface area contributed by atoms with E-state index in [1.807, 2.05) is 24.3 Å². The number of benzene rings is 3. The molecule has 1 saturated carbocycles. The summed E-state index contributed by atoms with van der Waals surface area (Å²) < 4.78 is 12.5. The van der Waals surface area contributed by atoms with Crippen LogP contribution in [0.2, 0.25) is 10.0 Å². The van der Waals surface area contributed by atoms with E-state index in [-0.39, 0.29) is 19.1 Å².